The average molecular weight is 287 g/mol. The summed E-state index contributed by atoms with van der Waals surface area (Å²) in [7, 11) is 0. The van der Waals surface area contributed by atoms with Gasteiger partial charge in [0.15, 0.2) is 0 Å². The molecule has 2 heterocycles. The van der Waals surface area contributed by atoms with Crippen molar-refractivity contribution in [2.24, 2.45) is 0 Å². The first-order valence-electron chi connectivity index (χ1n) is 7.27. The number of thiazole rings is 1. The Hall–Kier alpha value is -1.26. The Morgan fingerprint density at radius 2 is 2.05 bits per heavy atom. The van der Waals surface area contributed by atoms with E-state index in [1.807, 2.05) is 6.20 Å². The third-order valence-corrected chi connectivity index (χ3v) is 5.23. The van der Waals surface area contributed by atoms with Crippen LogP contribution < -0.4 is 5.32 Å². The van der Waals surface area contributed by atoms with Crippen LogP contribution in [0.3, 0.4) is 0 Å². The van der Waals surface area contributed by atoms with Crippen LogP contribution in [-0.2, 0) is 12.1 Å². The molecule has 0 aromatic carbocycles. The number of nitrogens with one attached hydrogen (secondary N) is 1. The van der Waals surface area contributed by atoms with Crippen molar-refractivity contribution in [2.45, 2.75) is 51.6 Å². The third kappa shape index (κ3) is 2.76. The van der Waals surface area contributed by atoms with Gasteiger partial charge >= 0.3 is 0 Å². The summed E-state index contributed by atoms with van der Waals surface area (Å²) in [6.45, 7) is 4.96. The highest BCUT2D eigenvalue weighted by Gasteiger charge is 2.37. The molecule has 3 rings (SSSR count). The molecule has 0 radical (unpaired) electrons. The molecule has 2 aromatic heterocycles. The highest BCUT2D eigenvalue weighted by molar-refractivity contribution is 7.09. The molecule has 1 aliphatic rings. The zero-order chi connectivity index (χ0) is 14.0. The summed E-state index contributed by atoms with van der Waals surface area (Å²) in [4.78, 5) is 9.22. The van der Waals surface area contributed by atoms with Crippen molar-refractivity contribution in [3.63, 3.8) is 0 Å². The molecule has 1 aliphatic carbocycles. The number of aryl methyl sites for hydroxylation is 2. The molecule has 4 heteroatoms. The Bertz CT molecular complexity index is 568. The first kappa shape index (κ1) is 13.7. The first-order valence-corrected chi connectivity index (χ1v) is 8.15. The van der Waals surface area contributed by atoms with Crippen LogP contribution >= 0.6 is 11.3 Å². The lowest BCUT2D eigenvalue weighted by molar-refractivity contribution is 0.335. The minimum atomic E-state index is 0.0749. The molecule has 0 atom stereocenters. The molecule has 0 bridgehead atoms. The van der Waals surface area contributed by atoms with Crippen LogP contribution in [0.25, 0.3) is 0 Å². The van der Waals surface area contributed by atoms with Gasteiger partial charge in [-0.2, -0.15) is 0 Å². The fourth-order valence-electron chi connectivity index (χ4n) is 2.88. The van der Waals surface area contributed by atoms with Crippen molar-refractivity contribution >= 4 is 11.3 Å². The molecule has 0 spiro atoms. The zero-order valence-electron chi connectivity index (χ0n) is 12.1. The number of pyridine rings is 1. The largest absolute Gasteiger partial charge is 0.300 e. The van der Waals surface area contributed by atoms with E-state index in [2.05, 4.69) is 41.7 Å². The van der Waals surface area contributed by atoms with Gasteiger partial charge < -0.3 is 0 Å². The quantitative estimate of drug-likeness (QED) is 0.931. The van der Waals surface area contributed by atoms with E-state index in [0.29, 0.717) is 0 Å². The Balaban J connectivity index is 1.76. The molecule has 0 aliphatic heterocycles. The number of aromatic nitrogens is 2. The van der Waals surface area contributed by atoms with E-state index >= 15 is 0 Å². The smallest absolute Gasteiger partial charge is 0.113 e. The van der Waals surface area contributed by atoms with Gasteiger partial charge in [0.1, 0.15) is 5.01 Å². The monoisotopic (exact) mass is 287 g/mol. The van der Waals surface area contributed by atoms with E-state index in [0.717, 1.165) is 17.9 Å². The summed E-state index contributed by atoms with van der Waals surface area (Å²) in [6.07, 6.45) is 6.88. The minimum absolute atomic E-state index is 0.0749. The van der Waals surface area contributed by atoms with E-state index in [1.54, 1.807) is 11.3 Å². The summed E-state index contributed by atoms with van der Waals surface area (Å²) in [6, 6.07) is 4.23. The molecule has 0 amide bonds. The Morgan fingerprint density at radius 1 is 1.25 bits per heavy atom. The minimum Gasteiger partial charge on any atom is -0.300 e. The highest BCUT2D eigenvalue weighted by atomic mass is 32.1. The molecule has 3 nitrogen and oxygen atoms in total. The fourth-order valence-corrected chi connectivity index (χ4v) is 3.91. The standard InChI is InChI=1S/C16H21N3S/c1-12-5-6-14(17-9-12)10-18-16(7-3-4-8-16)15-19-13(2)11-20-15/h5-6,9,11,18H,3-4,7-8,10H2,1-2H3. The molecule has 106 valence electrons. The van der Waals surface area contributed by atoms with Gasteiger partial charge in [0.2, 0.25) is 0 Å². The van der Waals surface area contributed by atoms with Gasteiger partial charge in [0.25, 0.3) is 0 Å². The van der Waals surface area contributed by atoms with Crippen LogP contribution in [-0.4, -0.2) is 9.97 Å². The maximum Gasteiger partial charge on any atom is 0.113 e. The van der Waals surface area contributed by atoms with Crippen molar-refractivity contribution < 1.29 is 0 Å². The average Bonchev–Trinajstić information content (AvgIpc) is 3.08. The van der Waals surface area contributed by atoms with Crippen molar-refractivity contribution in [3.05, 3.63) is 45.7 Å². The highest BCUT2D eigenvalue weighted by Crippen LogP contribution is 2.40. The number of rotatable bonds is 4. The molecular formula is C16H21N3S. The predicted molar refractivity (Wildman–Crippen MR) is 82.8 cm³/mol. The second-order valence-corrected chi connectivity index (χ2v) is 6.62. The molecule has 2 aromatic rings. The van der Waals surface area contributed by atoms with Crippen molar-refractivity contribution in [2.75, 3.05) is 0 Å². The lowest BCUT2D eigenvalue weighted by atomic mass is 9.98. The molecule has 0 saturated heterocycles. The van der Waals surface area contributed by atoms with Gasteiger partial charge in [-0.1, -0.05) is 18.9 Å². The van der Waals surface area contributed by atoms with Crippen molar-refractivity contribution in [1.82, 2.24) is 15.3 Å². The second-order valence-electron chi connectivity index (χ2n) is 5.76. The van der Waals surface area contributed by atoms with Crippen LogP contribution in [0.4, 0.5) is 0 Å². The van der Waals surface area contributed by atoms with Crippen molar-refractivity contribution in [3.8, 4) is 0 Å². The summed E-state index contributed by atoms with van der Waals surface area (Å²) in [5.74, 6) is 0. The summed E-state index contributed by atoms with van der Waals surface area (Å²) in [5.41, 5.74) is 3.52. The predicted octanol–water partition coefficient (Wildman–Crippen LogP) is 3.71. The van der Waals surface area contributed by atoms with Gasteiger partial charge in [0, 0.05) is 23.8 Å². The Morgan fingerprint density at radius 3 is 2.65 bits per heavy atom. The zero-order valence-corrected chi connectivity index (χ0v) is 13.0. The van der Waals surface area contributed by atoms with Gasteiger partial charge in [0.05, 0.1) is 11.2 Å². The van der Waals surface area contributed by atoms with Gasteiger partial charge in [-0.05, 0) is 38.3 Å². The van der Waals surface area contributed by atoms with Crippen LogP contribution in [0.15, 0.2) is 23.7 Å². The first-order chi connectivity index (χ1) is 9.68. The number of hydrogen-bond donors (Lipinski definition) is 1. The van der Waals surface area contributed by atoms with E-state index in [1.165, 1.54) is 36.3 Å². The van der Waals surface area contributed by atoms with Crippen molar-refractivity contribution in [1.29, 1.82) is 0 Å². The maximum absolute atomic E-state index is 4.73. The maximum atomic E-state index is 4.73. The van der Waals surface area contributed by atoms with Crippen LogP contribution in [0, 0.1) is 13.8 Å². The number of nitrogens with zero attached hydrogens (tertiary/aromatic N) is 2. The van der Waals surface area contributed by atoms with Gasteiger partial charge in [-0.25, -0.2) is 4.98 Å². The van der Waals surface area contributed by atoms with Crippen LogP contribution in [0.5, 0.6) is 0 Å². The Kier molecular flexibility index (Phi) is 3.85. The van der Waals surface area contributed by atoms with Gasteiger partial charge in [-0.3, -0.25) is 10.3 Å². The fraction of sp³-hybridized carbons (Fsp3) is 0.500. The third-order valence-electron chi connectivity index (χ3n) is 4.07. The van der Waals surface area contributed by atoms with E-state index < -0.39 is 0 Å². The molecule has 1 N–H and O–H groups in total. The molecular weight excluding hydrogens is 266 g/mol. The van der Waals surface area contributed by atoms with Crippen LogP contribution in [0.1, 0.15) is 47.6 Å². The molecule has 20 heavy (non-hydrogen) atoms. The molecule has 1 saturated carbocycles. The summed E-state index contributed by atoms with van der Waals surface area (Å²) >= 11 is 1.79. The normalized spacial score (nSPS) is 17.5. The van der Waals surface area contributed by atoms with Gasteiger partial charge in [-0.15, -0.1) is 11.3 Å². The summed E-state index contributed by atoms with van der Waals surface area (Å²) < 4.78 is 0. The van der Waals surface area contributed by atoms with E-state index in [-0.39, 0.29) is 5.54 Å². The lowest BCUT2D eigenvalue weighted by Crippen LogP contribution is -2.39. The SMILES string of the molecule is Cc1ccc(CNC2(c3nc(C)cs3)CCCC2)nc1. The number of hydrogen-bond acceptors (Lipinski definition) is 4. The summed E-state index contributed by atoms with van der Waals surface area (Å²) in [5, 5.41) is 7.15. The van der Waals surface area contributed by atoms with E-state index in [9.17, 15) is 0 Å². The molecule has 0 unspecified atom stereocenters. The Labute approximate surface area is 124 Å². The van der Waals surface area contributed by atoms with E-state index in [4.69, 9.17) is 4.98 Å². The second kappa shape index (κ2) is 5.62. The topological polar surface area (TPSA) is 37.8 Å². The molecule has 1 fully saturated rings. The van der Waals surface area contributed by atoms with Crippen LogP contribution in [0.2, 0.25) is 0 Å². The lowest BCUT2D eigenvalue weighted by Gasteiger charge is -2.28.